The molecule has 2 rings (SSSR count). The van der Waals surface area contributed by atoms with Crippen LogP contribution in [0.15, 0.2) is 47.4 Å². The Kier molecular flexibility index (Phi) is 5.28. The Morgan fingerprint density at radius 2 is 2.00 bits per heavy atom. The number of anilines is 1. The van der Waals surface area contributed by atoms with E-state index in [4.69, 9.17) is 4.74 Å². The lowest BCUT2D eigenvalue weighted by molar-refractivity contribution is -0.118. The minimum Gasteiger partial charge on any atom is -0.483 e. The molecule has 0 heterocycles. The van der Waals surface area contributed by atoms with Gasteiger partial charge in [-0.1, -0.05) is 23.8 Å². The highest BCUT2D eigenvalue weighted by atomic mass is 32.2. The smallest absolute Gasteiger partial charge is 0.262 e. The molecule has 0 aliphatic heterocycles. The van der Waals surface area contributed by atoms with Crippen molar-refractivity contribution in [3.05, 3.63) is 53.6 Å². The van der Waals surface area contributed by atoms with Gasteiger partial charge in [0, 0.05) is 10.6 Å². The normalized spacial score (nSPS) is 10.2. The fraction of sp³-hybridized carbons (Fsp3) is 0.235. The highest BCUT2D eigenvalue weighted by Gasteiger charge is 2.06. The van der Waals surface area contributed by atoms with Crippen molar-refractivity contribution >= 4 is 23.4 Å². The molecule has 0 aliphatic rings. The van der Waals surface area contributed by atoms with E-state index in [1.807, 2.05) is 62.6 Å². The molecule has 0 bridgehead atoms. The highest BCUT2D eigenvalue weighted by Crippen LogP contribution is 2.20. The molecule has 0 atom stereocenters. The monoisotopic (exact) mass is 301 g/mol. The molecule has 0 unspecified atom stereocenters. The topological polar surface area (TPSA) is 38.3 Å². The quantitative estimate of drug-likeness (QED) is 0.847. The van der Waals surface area contributed by atoms with Crippen molar-refractivity contribution in [2.75, 3.05) is 18.2 Å². The van der Waals surface area contributed by atoms with Crippen LogP contribution in [-0.2, 0) is 4.79 Å². The van der Waals surface area contributed by atoms with Gasteiger partial charge in [0.1, 0.15) is 5.75 Å². The van der Waals surface area contributed by atoms with Gasteiger partial charge in [0.25, 0.3) is 5.91 Å². The van der Waals surface area contributed by atoms with Crippen LogP contribution < -0.4 is 10.1 Å². The molecule has 2 aromatic carbocycles. The molecule has 1 amide bonds. The molecule has 0 saturated heterocycles. The molecule has 1 N–H and O–H groups in total. The second-order valence-electron chi connectivity index (χ2n) is 4.84. The van der Waals surface area contributed by atoms with Crippen LogP contribution >= 0.6 is 11.8 Å². The number of rotatable bonds is 5. The van der Waals surface area contributed by atoms with E-state index in [-0.39, 0.29) is 12.5 Å². The van der Waals surface area contributed by atoms with Gasteiger partial charge in [-0.15, -0.1) is 11.8 Å². The number of amides is 1. The molecule has 0 saturated carbocycles. The second-order valence-corrected chi connectivity index (χ2v) is 5.72. The third-order valence-corrected chi connectivity index (χ3v) is 3.77. The molecular formula is C17H19NO2S. The summed E-state index contributed by atoms with van der Waals surface area (Å²) in [6.45, 7) is 4.01. The second kappa shape index (κ2) is 7.18. The molecule has 110 valence electrons. The number of hydrogen-bond donors (Lipinski definition) is 1. The molecule has 0 spiro atoms. The number of hydrogen-bond acceptors (Lipinski definition) is 3. The molecule has 3 nitrogen and oxygen atoms in total. The molecular weight excluding hydrogens is 282 g/mol. The largest absolute Gasteiger partial charge is 0.483 e. The number of thioether (sulfide) groups is 1. The summed E-state index contributed by atoms with van der Waals surface area (Å²) >= 11 is 1.64. The van der Waals surface area contributed by atoms with E-state index in [0.717, 1.165) is 21.9 Å². The van der Waals surface area contributed by atoms with Crippen molar-refractivity contribution in [3.8, 4) is 5.75 Å². The van der Waals surface area contributed by atoms with Gasteiger partial charge in [-0.2, -0.15) is 0 Å². The minimum atomic E-state index is -0.159. The Morgan fingerprint density at radius 1 is 1.19 bits per heavy atom. The Bertz CT molecular complexity index is 640. The van der Waals surface area contributed by atoms with Crippen LogP contribution in [0, 0.1) is 13.8 Å². The van der Waals surface area contributed by atoms with E-state index in [9.17, 15) is 4.79 Å². The van der Waals surface area contributed by atoms with E-state index in [1.54, 1.807) is 11.8 Å². The Balaban J connectivity index is 1.92. The van der Waals surface area contributed by atoms with E-state index >= 15 is 0 Å². The zero-order valence-corrected chi connectivity index (χ0v) is 13.3. The highest BCUT2D eigenvalue weighted by molar-refractivity contribution is 7.98. The molecule has 0 aliphatic carbocycles. The maximum Gasteiger partial charge on any atom is 0.262 e. The van der Waals surface area contributed by atoms with Crippen molar-refractivity contribution in [1.82, 2.24) is 0 Å². The number of carbonyl (C=O) groups excluding carboxylic acids is 1. The zero-order valence-electron chi connectivity index (χ0n) is 12.5. The van der Waals surface area contributed by atoms with Crippen LogP contribution in [0.1, 0.15) is 11.1 Å². The zero-order chi connectivity index (χ0) is 15.2. The van der Waals surface area contributed by atoms with Gasteiger partial charge in [-0.3, -0.25) is 4.79 Å². The third-order valence-electron chi connectivity index (χ3n) is 3.04. The molecule has 4 heteroatoms. The van der Waals surface area contributed by atoms with Gasteiger partial charge in [0.15, 0.2) is 6.61 Å². The Labute approximate surface area is 129 Å². The van der Waals surface area contributed by atoms with Crippen molar-refractivity contribution in [2.45, 2.75) is 18.7 Å². The van der Waals surface area contributed by atoms with E-state index in [0.29, 0.717) is 0 Å². The van der Waals surface area contributed by atoms with Crippen LogP contribution in [0.2, 0.25) is 0 Å². The lowest BCUT2D eigenvalue weighted by Crippen LogP contribution is -2.20. The van der Waals surface area contributed by atoms with Crippen molar-refractivity contribution in [1.29, 1.82) is 0 Å². The average molecular weight is 301 g/mol. The van der Waals surface area contributed by atoms with E-state index in [2.05, 4.69) is 5.32 Å². The first-order valence-electron chi connectivity index (χ1n) is 6.72. The summed E-state index contributed by atoms with van der Waals surface area (Å²) in [6.07, 6.45) is 2.00. The first-order chi connectivity index (χ1) is 10.1. The lowest BCUT2D eigenvalue weighted by atomic mass is 10.1. The van der Waals surface area contributed by atoms with Crippen molar-refractivity contribution in [2.24, 2.45) is 0 Å². The lowest BCUT2D eigenvalue weighted by Gasteiger charge is -2.10. The van der Waals surface area contributed by atoms with Crippen LogP contribution in [-0.4, -0.2) is 18.8 Å². The fourth-order valence-electron chi connectivity index (χ4n) is 2.00. The fourth-order valence-corrected chi connectivity index (χ4v) is 2.46. The maximum atomic E-state index is 11.9. The van der Waals surface area contributed by atoms with Gasteiger partial charge in [-0.25, -0.2) is 0 Å². The summed E-state index contributed by atoms with van der Waals surface area (Å²) in [7, 11) is 0. The summed E-state index contributed by atoms with van der Waals surface area (Å²) in [5.41, 5.74) is 3.00. The SMILES string of the molecule is CSc1cccc(NC(=O)COc2ccc(C)cc2C)c1. The average Bonchev–Trinajstić information content (AvgIpc) is 2.46. The van der Waals surface area contributed by atoms with E-state index < -0.39 is 0 Å². The first kappa shape index (κ1) is 15.4. The summed E-state index contributed by atoms with van der Waals surface area (Å²) in [4.78, 5) is 13.0. The molecule has 2 aromatic rings. The van der Waals surface area contributed by atoms with Crippen LogP contribution in [0.25, 0.3) is 0 Å². The summed E-state index contributed by atoms with van der Waals surface area (Å²) in [5, 5.41) is 2.84. The number of carbonyl (C=O) groups is 1. The van der Waals surface area contributed by atoms with Gasteiger partial charge in [0.05, 0.1) is 0 Å². The van der Waals surface area contributed by atoms with Gasteiger partial charge in [-0.05, 0) is 49.9 Å². The van der Waals surface area contributed by atoms with Crippen LogP contribution in [0.5, 0.6) is 5.75 Å². The number of nitrogens with one attached hydrogen (secondary N) is 1. The predicted octanol–water partition coefficient (Wildman–Crippen LogP) is 4.04. The molecule has 0 fully saturated rings. The van der Waals surface area contributed by atoms with Crippen LogP contribution in [0.3, 0.4) is 0 Å². The number of benzene rings is 2. The summed E-state index contributed by atoms with van der Waals surface area (Å²) in [5.74, 6) is 0.585. The predicted molar refractivity (Wildman–Crippen MR) is 88.3 cm³/mol. The van der Waals surface area contributed by atoms with Gasteiger partial charge < -0.3 is 10.1 Å². The molecule has 0 aromatic heterocycles. The van der Waals surface area contributed by atoms with Crippen molar-refractivity contribution in [3.63, 3.8) is 0 Å². The molecule has 0 radical (unpaired) electrons. The maximum absolute atomic E-state index is 11.9. The number of ether oxygens (including phenoxy) is 1. The Hall–Kier alpha value is -1.94. The van der Waals surface area contributed by atoms with Crippen LogP contribution in [0.4, 0.5) is 5.69 Å². The summed E-state index contributed by atoms with van der Waals surface area (Å²) < 4.78 is 5.57. The van der Waals surface area contributed by atoms with E-state index in [1.165, 1.54) is 5.56 Å². The number of aryl methyl sites for hydroxylation is 2. The van der Waals surface area contributed by atoms with Gasteiger partial charge >= 0.3 is 0 Å². The molecule has 21 heavy (non-hydrogen) atoms. The summed E-state index contributed by atoms with van der Waals surface area (Å²) in [6, 6.07) is 13.6. The standard InChI is InChI=1S/C17H19NO2S/c1-12-7-8-16(13(2)9-12)20-11-17(19)18-14-5-4-6-15(10-14)21-3/h4-10H,11H2,1-3H3,(H,18,19). The van der Waals surface area contributed by atoms with Crippen molar-refractivity contribution < 1.29 is 9.53 Å². The minimum absolute atomic E-state index is 0.00734. The third kappa shape index (κ3) is 4.53. The van der Waals surface area contributed by atoms with Gasteiger partial charge in [0.2, 0.25) is 0 Å². The Morgan fingerprint density at radius 3 is 2.71 bits per heavy atom. The first-order valence-corrected chi connectivity index (χ1v) is 7.95.